The highest BCUT2D eigenvalue weighted by Crippen LogP contribution is 2.08. The molecule has 0 saturated carbocycles. The Bertz CT molecular complexity index is 404. The molecular formula is C20H33NO2. The van der Waals surface area contributed by atoms with E-state index in [1.54, 1.807) is 12.2 Å². The maximum atomic E-state index is 10.1. The Morgan fingerprint density at radius 1 is 0.739 bits per heavy atom. The fraction of sp³-hybridized carbons (Fsp3) is 0.450. The number of allylic oxidation sites excluding steroid dienone is 9. The van der Waals surface area contributed by atoms with Crippen LogP contribution in [0.4, 0.5) is 0 Å². The molecular weight excluding hydrogens is 286 g/mol. The quantitative estimate of drug-likeness (QED) is 0.293. The molecule has 0 fully saturated rings. The Kier molecular flexibility index (Phi) is 20.5. The first-order valence-electron chi connectivity index (χ1n) is 8.31. The third-order valence-corrected chi connectivity index (χ3v) is 3.12. The van der Waals surface area contributed by atoms with Crippen molar-refractivity contribution in [2.75, 3.05) is 0 Å². The van der Waals surface area contributed by atoms with Crippen LogP contribution in [0.15, 0.2) is 60.8 Å². The van der Waals surface area contributed by atoms with Gasteiger partial charge in [0.15, 0.2) is 0 Å². The van der Waals surface area contributed by atoms with Crippen LogP contribution in [0, 0.1) is 0 Å². The van der Waals surface area contributed by atoms with Gasteiger partial charge in [-0.1, -0.05) is 100 Å². The van der Waals surface area contributed by atoms with E-state index in [0.717, 1.165) is 12.5 Å². The van der Waals surface area contributed by atoms with Gasteiger partial charge in [0.05, 0.1) is 5.97 Å². The number of rotatable bonds is 13. The van der Waals surface area contributed by atoms with Gasteiger partial charge in [-0.05, 0) is 18.9 Å². The van der Waals surface area contributed by atoms with E-state index in [1.807, 2.05) is 24.3 Å². The van der Waals surface area contributed by atoms with E-state index in [0.29, 0.717) is 0 Å². The van der Waals surface area contributed by atoms with Crippen LogP contribution < -0.4 is 11.3 Å². The van der Waals surface area contributed by atoms with Gasteiger partial charge in [-0.25, -0.2) is 0 Å². The monoisotopic (exact) mass is 319 g/mol. The molecule has 0 aromatic heterocycles. The molecule has 0 radical (unpaired) electrons. The number of hydrogen-bond donors (Lipinski definition) is 1. The van der Waals surface area contributed by atoms with Crippen molar-refractivity contribution in [3.63, 3.8) is 0 Å². The zero-order valence-electron chi connectivity index (χ0n) is 14.7. The summed E-state index contributed by atoms with van der Waals surface area (Å²) in [5, 5.41) is 10.1. The highest BCUT2D eigenvalue weighted by Gasteiger charge is 1.88. The molecule has 0 heterocycles. The zero-order valence-corrected chi connectivity index (χ0v) is 14.7. The first-order valence-corrected chi connectivity index (χ1v) is 8.31. The van der Waals surface area contributed by atoms with Crippen molar-refractivity contribution >= 4 is 5.97 Å². The van der Waals surface area contributed by atoms with Gasteiger partial charge in [0, 0.05) is 0 Å². The van der Waals surface area contributed by atoms with Crippen molar-refractivity contribution in [1.29, 1.82) is 0 Å². The largest absolute Gasteiger partial charge is 0.545 e. The van der Waals surface area contributed by atoms with Crippen molar-refractivity contribution in [3.05, 3.63) is 60.8 Å². The van der Waals surface area contributed by atoms with E-state index >= 15 is 0 Å². The van der Waals surface area contributed by atoms with Gasteiger partial charge in [0.25, 0.3) is 0 Å². The average molecular weight is 319 g/mol. The minimum Gasteiger partial charge on any atom is -0.545 e. The molecule has 0 aromatic carbocycles. The van der Waals surface area contributed by atoms with E-state index in [2.05, 4.69) is 19.1 Å². The van der Waals surface area contributed by atoms with E-state index in [-0.39, 0.29) is 6.15 Å². The summed E-state index contributed by atoms with van der Waals surface area (Å²) >= 11 is 0. The topological polar surface area (TPSA) is 76.6 Å². The zero-order chi connectivity index (χ0) is 16.3. The van der Waals surface area contributed by atoms with Crippen LogP contribution in [0.2, 0.25) is 0 Å². The van der Waals surface area contributed by atoms with Crippen molar-refractivity contribution in [2.24, 2.45) is 0 Å². The second-order valence-corrected chi connectivity index (χ2v) is 5.17. The highest BCUT2D eigenvalue weighted by molar-refractivity contribution is 5.77. The molecule has 23 heavy (non-hydrogen) atoms. The van der Waals surface area contributed by atoms with Gasteiger partial charge in [-0.2, -0.15) is 0 Å². The lowest BCUT2D eigenvalue weighted by Crippen LogP contribution is -2.18. The molecule has 0 saturated heterocycles. The van der Waals surface area contributed by atoms with Crippen LogP contribution in [-0.4, -0.2) is 5.97 Å². The molecule has 130 valence electrons. The van der Waals surface area contributed by atoms with Crippen LogP contribution in [-0.2, 0) is 4.79 Å². The summed E-state index contributed by atoms with van der Waals surface area (Å²) in [6, 6.07) is 0. The lowest BCUT2D eigenvalue weighted by Gasteiger charge is -1.98. The third kappa shape index (κ3) is 22.5. The molecule has 0 bridgehead atoms. The normalized spacial score (nSPS) is 12.2. The average Bonchev–Trinajstić information content (AvgIpc) is 2.50. The molecule has 0 spiro atoms. The number of carboxylic acid groups (broad SMARTS) is 1. The molecule has 0 aliphatic heterocycles. The summed E-state index contributed by atoms with van der Waals surface area (Å²) in [6.45, 7) is 2.25. The standard InChI is InChI=1S/C20H30O2.H3N/c1-2-3-4-5-6-7-8-9-10-11-12-13-14-15-16-17-18-19-20(21)22;/h10-19H,2-9H2,1H3,(H,21,22);1H3. The van der Waals surface area contributed by atoms with Gasteiger partial charge >= 0.3 is 0 Å². The van der Waals surface area contributed by atoms with Crippen LogP contribution in [0.3, 0.4) is 0 Å². The minimum atomic E-state index is -1.18. The molecule has 0 rings (SSSR count). The number of carbonyl (C=O) groups is 1. The van der Waals surface area contributed by atoms with Gasteiger partial charge in [-0.3, -0.25) is 0 Å². The number of carbonyl (C=O) groups excluding carboxylic acids is 1. The number of carboxylic acids is 1. The predicted octanol–water partition coefficient (Wildman–Crippen LogP) is 5.03. The number of unbranched alkanes of at least 4 members (excludes halogenated alkanes) is 7. The minimum absolute atomic E-state index is 0. The SMILES string of the molecule is CCCCCCCCCC=CC=CC=CC=CC=CC(=O)[O-].[NH4+]. The highest BCUT2D eigenvalue weighted by atomic mass is 16.4. The molecule has 0 aliphatic carbocycles. The number of quaternary nitrogens is 1. The van der Waals surface area contributed by atoms with Crippen molar-refractivity contribution < 1.29 is 9.90 Å². The smallest absolute Gasteiger partial charge is 0.0642 e. The Labute approximate surface area is 141 Å². The van der Waals surface area contributed by atoms with E-state index in [1.165, 1.54) is 51.0 Å². The van der Waals surface area contributed by atoms with E-state index in [9.17, 15) is 9.90 Å². The molecule has 3 heteroatoms. The Hall–Kier alpha value is -1.87. The summed E-state index contributed by atoms with van der Waals surface area (Å²) < 4.78 is 0. The maximum Gasteiger partial charge on any atom is 0.0642 e. The van der Waals surface area contributed by atoms with Gasteiger partial charge < -0.3 is 16.1 Å². The fourth-order valence-corrected chi connectivity index (χ4v) is 1.91. The van der Waals surface area contributed by atoms with Crippen LogP contribution in [0.25, 0.3) is 0 Å². The Balaban J connectivity index is 0. The molecule has 0 aliphatic rings. The summed E-state index contributed by atoms with van der Waals surface area (Å²) in [5.41, 5.74) is 0. The van der Waals surface area contributed by atoms with Crippen LogP contribution in [0.5, 0.6) is 0 Å². The first kappa shape index (κ1) is 23.4. The van der Waals surface area contributed by atoms with Crippen LogP contribution in [0.1, 0.15) is 58.3 Å². The van der Waals surface area contributed by atoms with Gasteiger partial charge in [0.2, 0.25) is 0 Å². The second kappa shape index (κ2) is 20.1. The molecule has 0 amide bonds. The van der Waals surface area contributed by atoms with E-state index in [4.69, 9.17) is 0 Å². The molecule has 4 N–H and O–H groups in total. The Morgan fingerprint density at radius 3 is 1.78 bits per heavy atom. The molecule has 3 nitrogen and oxygen atoms in total. The lowest BCUT2D eigenvalue weighted by molar-refractivity contribution is -0.297. The Morgan fingerprint density at radius 2 is 1.22 bits per heavy atom. The van der Waals surface area contributed by atoms with Crippen molar-refractivity contribution in [1.82, 2.24) is 6.15 Å². The molecule has 0 aromatic rings. The first-order chi connectivity index (χ1) is 10.8. The second-order valence-electron chi connectivity index (χ2n) is 5.17. The van der Waals surface area contributed by atoms with E-state index < -0.39 is 5.97 Å². The lowest BCUT2D eigenvalue weighted by atomic mass is 10.1. The fourth-order valence-electron chi connectivity index (χ4n) is 1.91. The van der Waals surface area contributed by atoms with Gasteiger partial charge in [0.1, 0.15) is 0 Å². The van der Waals surface area contributed by atoms with Crippen LogP contribution >= 0.6 is 0 Å². The third-order valence-electron chi connectivity index (χ3n) is 3.12. The number of hydrogen-bond acceptors (Lipinski definition) is 2. The predicted molar refractivity (Wildman–Crippen MR) is 99.3 cm³/mol. The van der Waals surface area contributed by atoms with Crippen molar-refractivity contribution in [2.45, 2.75) is 58.3 Å². The molecule has 0 atom stereocenters. The van der Waals surface area contributed by atoms with Crippen molar-refractivity contribution in [3.8, 4) is 0 Å². The molecule has 0 unspecified atom stereocenters. The summed E-state index contributed by atoms with van der Waals surface area (Å²) in [4.78, 5) is 10.1. The maximum absolute atomic E-state index is 10.1. The van der Waals surface area contributed by atoms with Gasteiger partial charge in [-0.15, -0.1) is 0 Å². The summed E-state index contributed by atoms with van der Waals surface area (Å²) in [7, 11) is 0. The summed E-state index contributed by atoms with van der Waals surface area (Å²) in [5.74, 6) is -1.18. The summed E-state index contributed by atoms with van der Waals surface area (Å²) in [6.07, 6.45) is 28.4. The number of aliphatic carboxylic acids is 1.